The third kappa shape index (κ3) is 4.51. The normalized spacial score (nSPS) is 11.6. The summed E-state index contributed by atoms with van der Waals surface area (Å²) in [6.45, 7) is 0. The number of hydrogen-bond acceptors (Lipinski definition) is 3. The van der Waals surface area contributed by atoms with Crippen molar-refractivity contribution >= 4 is 29.0 Å². The highest BCUT2D eigenvalue weighted by molar-refractivity contribution is 6.29. The van der Waals surface area contributed by atoms with Crippen molar-refractivity contribution in [1.29, 1.82) is 0 Å². The number of rotatable bonds is 4. The van der Waals surface area contributed by atoms with Gasteiger partial charge < -0.3 is 5.32 Å². The highest BCUT2D eigenvalue weighted by Crippen LogP contribution is 2.33. The van der Waals surface area contributed by atoms with Gasteiger partial charge in [-0.25, -0.2) is 13.9 Å². The summed E-state index contributed by atoms with van der Waals surface area (Å²) in [6.07, 6.45) is -4.53. The molecule has 0 saturated heterocycles. The summed E-state index contributed by atoms with van der Waals surface area (Å²) < 4.78 is 53.2. The van der Waals surface area contributed by atoms with Gasteiger partial charge in [0.2, 0.25) is 5.91 Å². The van der Waals surface area contributed by atoms with E-state index in [4.69, 9.17) is 11.6 Å². The maximum Gasteiger partial charge on any atom is 0.416 e. The molecule has 0 aliphatic heterocycles. The van der Waals surface area contributed by atoms with E-state index in [0.29, 0.717) is 16.8 Å². The zero-order valence-corrected chi connectivity index (χ0v) is 16.4. The Morgan fingerprint density at radius 2 is 1.68 bits per heavy atom. The van der Waals surface area contributed by atoms with E-state index in [1.54, 1.807) is 6.07 Å². The summed E-state index contributed by atoms with van der Waals surface area (Å²) in [5, 5.41) is 6.95. The number of benzene rings is 2. The molecule has 0 unspecified atom stereocenters. The minimum Gasteiger partial charge on any atom is -0.309 e. The van der Waals surface area contributed by atoms with Crippen LogP contribution in [-0.2, 0) is 17.4 Å². The number of anilines is 1. The third-order valence-corrected chi connectivity index (χ3v) is 4.67. The minimum atomic E-state index is -4.48. The summed E-state index contributed by atoms with van der Waals surface area (Å²) >= 11 is 5.97. The maximum absolute atomic E-state index is 13.1. The van der Waals surface area contributed by atoms with Crippen molar-refractivity contribution in [3.8, 4) is 11.3 Å². The lowest BCUT2D eigenvalue weighted by Gasteiger charge is -2.09. The van der Waals surface area contributed by atoms with Crippen molar-refractivity contribution in [2.75, 3.05) is 5.32 Å². The van der Waals surface area contributed by atoms with Crippen LogP contribution in [0.5, 0.6) is 0 Å². The molecular weight excluding hydrogens is 436 g/mol. The summed E-state index contributed by atoms with van der Waals surface area (Å²) in [6, 6.07) is 12.9. The van der Waals surface area contributed by atoms with E-state index >= 15 is 0 Å². The summed E-state index contributed by atoms with van der Waals surface area (Å²) in [7, 11) is 0. The van der Waals surface area contributed by atoms with Gasteiger partial charge in [-0.15, -0.1) is 0 Å². The van der Waals surface area contributed by atoms with Gasteiger partial charge in [0.05, 0.1) is 12.0 Å². The number of carbonyl (C=O) groups is 1. The molecule has 4 rings (SSSR count). The topological polar surface area (TPSA) is 59.3 Å². The van der Waals surface area contributed by atoms with Crippen molar-refractivity contribution in [3.63, 3.8) is 0 Å². The van der Waals surface area contributed by atoms with Crippen molar-refractivity contribution in [2.45, 2.75) is 12.6 Å². The van der Waals surface area contributed by atoms with Crippen molar-refractivity contribution in [1.82, 2.24) is 14.6 Å². The van der Waals surface area contributed by atoms with Gasteiger partial charge in [-0.1, -0.05) is 35.9 Å². The first kappa shape index (κ1) is 20.8. The Hall–Kier alpha value is -3.46. The number of carbonyl (C=O) groups excluding carboxylic acids is 1. The Labute approximate surface area is 178 Å². The number of nitrogens with one attached hydrogen (secondary N) is 1. The zero-order chi connectivity index (χ0) is 22.2. The molecule has 0 fully saturated rings. The fourth-order valence-electron chi connectivity index (χ4n) is 3.04. The van der Waals surface area contributed by atoms with Crippen molar-refractivity contribution < 1.29 is 22.4 Å². The first-order valence-electron chi connectivity index (χ1n) is 8.98. The Kier molecular flexibility index (Phi) is 5.36. The third-order valence-electron chi connectivity index (χ3n) is 4.47. The Bertz CT molecular complexity index is 1250. The molecule has 0 radical (unpaired) electrons. The number of aromatic nitrogens is 3. The van der Waals surface area contributed by atoms with Crippen LogP contribution in [0.25, 0.3) is 16.9 Å². The van der Waals surface area contributed by atoms with Gasteiger partial charge in [-0.2, -0.15) is 18.3 Å². The first-order chi connectivity index (χ1) is 14.7. The lowest BCUT2D eigenvalue weighted by atomic mass is 10.1. The molecule has 158 valence electrons. The van der Waals surface area contributed by atoms with E-state index in [-0.39, 0.29) is 23.1 Å². The number of imidazole rings is 1. The number of hydrogen-bond donors (Lipinski definition) is 1. The van der Waals surface area contributed by atoms with Gasteiger partial charge in [0.15, 0.2) is 11.5 Å². The SMILES string of the molecule is O=C(Cc1ccc(F)cc1)Nc1nc2ccc(Cl)nn2c1-c1ccc(C(F)(F)F)cc1. The average molecular weight is 449 g/mol. The standard InChI is InChI=1S/C21H13ClF4N4O/c22-16-9-10-17-27-20(28-18(31)11-12-1-7-15(23)8-2-12)19(30(17)29-16)13-3-5-14(6-4-13)21(24,25)26/h1-10H,11H2,(H,28,31). The van der Waals surface area contributed by atoms with E-state index in [1.165, 1.54) is 47.0 Å². The molecule has 0 spiro atoms. The number of fused-ring (bicyclic) bond motifs is 1. The van der Waals surface area contributed by atoms with Crippen LogP contribution in [0.15, 0.2) is 60.7 Å². The van der Waals surface area contributed by atoms with E-state index in [2.05, 4.69) is 15.4 Å². The predicted octanol–water partition coefficient (Wildman–Crippen LogP) is 5.39. The van der Waals surface area contributed by atoms with E-state index in [0.717, 1.165) is 12.1 Å². The molecule has 2 aromatic heterocycles. The van der Waals surface area contributed by atoms with Crippen LogP contribution < -0.4 is 5.32 Å². The number of amides is 1. The lowest BCUT2D eigenvalue weighted by Crippen LogP contribution is -2.15. The van der Waals surface area contributed by atoms with Crippen LogP contribution in [-0.4, -0.2) is 20.5 Å². The van der Waals surface area contributed by atoms with Crippen LogP contribution >= 0.6 is 11.6 Å². The van der Waals surface area contributed by atoms with E-state index in [1.807, 2.05) is 0 Å². The van der Waals surface area contributed by atoms with E-state index < -0.39 is 23.5 Å². The second-order valence-electron chi connectivity index (χ2n) is 6.66. The Morgan fingerprint density at radius 1 is 1.00 bits per heavy atom. The molecule has 4 aromatic rings. The molecule has 2 aromatic carbocycles. The quantitative estimate of drug-likeness (QED) is 0.426. The molecule has 2 heterocycles. The molecule has 0 bridgehead atoms. The molecular formula is C21H13ClF4N4O. The Morgan fingerprint density at radius 3 is 2.32 bits per heavy atom. The number of halogens is 5. The van der Waals surface area contributed by atoms with Crippen LogP contribution in [0.3, 0.4) is 0 Å². The van der Waals surface area contributed by atoms with Gasteiger partial charge >= 0.3 is 6.18 Å². The van der Waals surface area contributed by atoms with Gasteiger partial charge in [0.25, 0.3) is 0 Å². The molecule has 1 amide bonds. The fourth-order valence-corrected chi connectivity index (χ4v) is 3.18. The van der Waals surface area contributed by atoms with Gasteiger partial charge in [-0.05, 0) is 42.0 Å². The molecule has 0 aliphatic rings. The monoisotopic (exact) mass is 448 g/mol. The second kappa shape index (κ2) is 7.99. The van der Waals surface area contributed by atoms with Crippen LogP contribution in [0.4, 0.5) is 23.4 Å². The fraction of sp³-hybridized carbons (Fsp3) is 0.0952. The van der Waals surface area contributed by atoms with Crippen molar-refractivity contribution in [2.24, 2.45) is 0 Å². The highest BCUT2D eigenvalue weighted by atomic mass is 35.5. The van der Waals surface area contributed by atoms with Crippen LogP contribution in [0.2, 0.25) is 5.15 Å². The van der Waals surface area contributed by atoms with Crippen LogP contribution in [0.1, 0.15) is 11.1 Å². The Balaban J connectivity index is 1.71. The van der Waals surface area contributed by atoms with Crippen LogP contribution in [0, 0.1) is 5.82 Å². The van der Waals surface area contributed by atoms with Gasteiger partial charge in [-0.3, -0.25) is 4.79 Å². The average Bonchev–Trinajstić information content (AvgIpc) is 3.06. The summed E-state index contributed by atoms with van der Waals surface area (Å²) in [5.41, 5.74) is 0.750. The van der Waals surface area contributed by atoms with E-state index in [9.17, 15) is 22.4 Å². The van der Waals surface area contributed by atoms with Crippen molar-refractivity contribution in [3.05, 3.63) is 82.8 Å². The molecule has 10 heteroatoms. The molecule has 0 atom stereocenters. The molecule has 0 saturated carbocycles. The molecule has 1 N–H and O–H groups in total. The largest absolute Gasteiger partial charge is 0.416 e. The second-order valence-corrected chi connectivity index (χ2v) is 7.05. The molecule has 31 heavy (non-hydrogen) atoms. The molecule has 0 aliphatic carbocycles. The van der Waals surface area contributed by atoms with Gasteiger partial charge in [0.1, 0.15) is 16.7 Å². The number of nitrogens with zero attached hydrogens (tertiary/aromatic N) is 3. The van der Waals surface area contributed by atoms with Gasteiger partial charge in [0, 0.05) is 5.56 Å². The lowest BCUT2D eigenvalue weighted by molar-refractivity contribution is -0.137. The summed E-state index contributed by atoms with van der Waals surface area (Å²) in [4.78, 5) is 16.9. The minimum absolute atomic E-state index is 0.0468. The first-order valence-corrected chi connectivity index (χ1v) is 9.36. The zero-order valence-electron chi connectivity index (χ0n) is 15.6. The summed E-state index contributed by atoms with van der Waals surface area (Å²) in [5.74, 6) is -0.743. The maximum atomic E-state index is 13.1. The highest BCUT2D eigenvalue weighted by Gasteiger charge is 2.30. The predicted molar refractivity (Wildman–Crippen MR) is 107 cm³/mol. The smallest absolute Gasteiger partial charge is 0.309 e. The number of alkyl halides is 3. The molecule has 5 nitrogen and oxygen atoms in total.